The second-order valence-electron chi connectivity index (χ2n) is 7.28. The van der Waals surface area contributed by atoms with Crippen LogP contribution in [0, 0.1) is 16.7 Å². The number of carbonyl (C=O) groups excluding carboxylic acids is 1. The highest BCUT2D eigenvalue weighted by molar-refractivity contribution is 6.09. The molecule has 0 saturated heterocycles. The lowest BCUT2D eigenvalue weighted by molar-refractivity contribution is -0.128. The summed E-state index contributed by atoms with van der Waals surface area (Å²) in [5.74, 6) is 0.992. The molecule has 7 nitrogen and oxygen atoms in total. The van der Waals surface area contributed by atoms with Crippen LogP contribution in [0.15, 0.2) is 41.8 Å². The van der Waals surface area contributed by atoms with Crippen molar-refractivity contribution in [1.82, 2.24) is 10.2 Å². The van der Waals surface area contributed by atoms with Crippen LogP contribution in [0.4, 0.5) is 5.69 Å². The van der Waals surface area contributed by atoms with Crippen LogP contribution in [0.25, 0.3) is 5.57 Å². The Morgan fingerprint density at radius 2 is 2.18 bits per heavy atom. The molecule has 1 amide bonds. The maximum Gasteiger partial charge on any atom is 0.219 e. The summed E-state index contributed by atoms with van der Waals surface area (Å²) in [6.45, 7) is 3.56. The average Bonchev–Trinajstić information content (AvgIpc) is 3.52. The summed E-state index contributed by atoms with van der Waals surface area (Å²) in [6.07, 6.45) is 5.21. The maximum atomic E-state index is 11.8. The summed E-state index contributed by atoms with van der Waals surface area (Å²) in [6, 6.07) is 7.22. The number of aliphatic hydroxyl groups excluding tert-OH is 1. The predicted molar refractivity (Wildman–Crippen MR) is 112 cm³/mol. The summed E-state index contributed by atoms with van der Waals surface area (Å²) in [5, 5.41) is 31.8. The second-order valence-corrected chi connectivity index (χ2v) is 7.28. The fourth-order valence-corrected chi connectivity index (χ4v) is 3.24. The van der Waals surface area contributed by atoms with Gasteiger partial charge in [-0.05, 0) is 36.5 Å². The third-order valence-electron chi connectivity index (χ3n) is 5.15. The molecule has 1 aromatic rings. The fraction of sp³-hybridized carbons (Fsp3) is 0.381. The van der Waals surface area contributed by atoms with Crippen LogP contribution >= 0.6 is 0 Å². The Labute approximate surface area is 165 Å². The molecular weight excluding hydrogens is 354 g/mol. The van der Waals surface area contributed by atoms with E-state index in [0.29, 0.717) is 29.9 Å². The highest BCUT2D eigenvalue weighted by atomic mass is 16.2. The lowest BCUT2D eigenvalue weighted by Gasteiger charge is -2.31. The molecule has 0 atom stereocenters. The molecular formula is C21H27N5O2. The average molecular weight is 381 g/mol. The molecule has 3 rings (SSSR count). The first kappa shape index (κ1) is 19.7. The number of amidine groups is 1. The van der Waals surface area contributed by atoms with Gasteiger partial charge >= 0.3 is 0 Å². The number of nitrogens with zero attached hydrogens (tertiary/aromatic N) is 1. The zero-order valence-corrected chi connectivity index (χ0v) is 16.1. The number of amides is 1. The van der Waals surface area contributed by atoms with Gasteiger partial charge in [0.25, 0.3) is 0 Å². The molecule has 28 heavy (non-hydrogen) atoms. The quantitative estimate of drug-likeness (QED) is 0.284. The maximum absolute atomic E-state index is 11.8. The third-order valence-corrected chi connectivity index (χ3v) is 5.15. The zero-order valence-electron chi connectivity index (χ0n) is 16.1. The number of hydrogen-bond acceptors (Lipinski definition) is 5. The van der Waals surface area contributed by atoms with Gasteiger partial charge in [-0.2, -0.15) is 0 Å². The Bertz CT molecular complexity index is 839. The van der Waals surface area contributed by atoms with E-state index in [4.69, 9.17) is 10.8 Å². The molecule has 0 bridgehead atoms. The van der Waals surface area contributed by atoms with Crippen molar-refractivity contribution >= 4 is 29.2 Å². The largest absolute Gasteiger partial charge is 0.515 e. The van der Waals surface area contributed by atoms with E-state index >= 15 is 0 Å². The van der Waals surface area contributed by atoms with Crippen molar-refractivity contribution in [3.8, 4) is 0 Å². The van der Waals surface area contributed by atoms with E-state index in [1.54, 1.807) is 30.0 Å². The van der Waals surface area contributed by atoms with Crippen LogP contribution in [-0.2, 0) is 4.79 Å². The molecule has 1 heterocycles. The molecule has 1 aliphatic heterocycles. The van der Waals surface area contributed by atoms with Crippen molar-refractivity contribution in [1.29, 1.82) is 10.8 Å². The van der Waals surface area contributed by atoms with Crippen molar-refractivity contribution in [2.75, 3.05) is 25.0 Å². The third kappa shape index (κ3) is 4.79. The Hall–Kier alpha value is -3.09. The number of anilines is 1. The molecule has 0 spiro atoms. The number of aliphatic hydroxyl groups is 1. The SMILES string of the molecule is CC(=O)N1CCC(NCC2CC2)=C(C(=N)Nc2cccc(/C(C=N)=C/O)c2)C1. The van der Waals surface area contributed by atoms with E-state index in [2.05, 4.69) is 10.6 Å². The number of nitrogens with one attached hydrogen (secondary N) is 4. The van der Waals surface area contributed by atoms with Crippen molar-refractivity contribution in [3.05, 3.63) is 47.4 Å². The number of benzene rings is 1. The molecule has 0 radical (unpaired) electrons. The Morgan fingerprint density at radius 3 is 2.82 bits per heavy atom. The van der Waals surface area contributed by atoms with Crippen molar-refractivity contribution in [2.45, 2.75) is 26.2 Å². The Morgan fingerprint density at radius 1 is 1.39 bits per heavy atom. The Kier molecular flexibility index (Phi) is 6.13. The van der Waals surface area contributed by atoms with Gasteiger partial charge in [-0.3, -0.25) is 10.2 Å². The molecule has 2 aliphatic rings. The predicted octanol–water partition coefficient (Wildman–Crippen LogP) is 3.13. The van der Waals surface area contributed by atoms with Gasteiger partial charge < -0.3 is 26.0 Å². The van der Waals surface area contributed by atoms with Crippen LogP contribution in [0.2, 0.25) is 0 Å². The van der Waals surface area contributed by atoms with E-state index in [0.717, 1.165) is 42.6 Å². The lowest BCUT2D eigenvalue weighted by Crippen LogP contribution is -2.41. The number of hydrogen-bond donors (Lipinski definition) is 5. The molecule has 0 unspecified atom stereocenters. The Balaban J connectivity index is 1.79. The van der Waals surface area contributed by atoms with Crippen molar-refractivity contribution in [2.24, 2.45) is 5.92 Å². The highest BCUT2D eigenvalue weighted by Gasteiger charge is 2.26. The number of carbonyl (C=O) groups is 1. The van der Waals surface area contributed by atoms with E-state index in [1.807, 2.05) is 6.07 Å². The van der Waals surface area contributed by atoms with E-state index in [-0.39, 0.29) is 11.7 Å². The van der Waals surface area contributed by atoms with Gasteiger partial charge in [0.1, 0.15) is 5.84 Å². The van der Waals surface area contributed by atoms with Gasteiger partial charge in [0.05, 0.1) is 12.8 Å². The standard InChI is InChI=1S/C21H27N5O2/c1-14(28)26-8-7-20(24-11-15-5-6-15)19(12-26)21(23)25-18-4-2-3-16(9-18)17(10-22)13-27/h2-4,9-10,13,15,22,24,27H,5-8,11-12H2,1H3,(H2,23,25)/b17-13+,22-10?. The van der Waals surface area contributed by atoms with Crippen LogP contribution in [0.5, 0.6) is 0 Å². The van der Waals surface area contributed by atoms with E-state index in [9.17, 15) is 9.90 Å². The minimum Gasteiger partial charge on any atom is -0.515 e. The molecule has 1 saturated carbocycles. The van der Waals surface area contributed by atoms with Crippen molar-refractivity contribution in [3.63, 3.8) is 0 Å². The first-order valence-corrected chi connectivity index (χ1v) is 9.54. The van der Waals surface area contributed by atoms with Crippen LogP contribution in [-0.4, -0.2) is 47.6 Å². The normalized spacial score (nSPS) is 17.3. The minimum absolute atomic E-state index is 0.0113. The molecule has 148 valence electrons. The number of allylic oxidation sites excluding steroid dienone is 1. The fourth-order valence-electron chi connectivity index (χ4n) is 3.24. The number of rotatable bonds is 7. The van der Waals surface area contributed by atoms with Gasteiger partial charge in [0.15, 0.2) is 0 Å². The summed E-state index contributed by atoms with van der Waals surface area (Å²) < 4.78 is 0. The summed E-state index contributed by atoms with van der Waals surface area (Å²) in [5.41, 5.74) is 3.61. The molecule has 1 aromatic carbocycles. The van der Waals surface area contributed by atoms with Gasteiger partial charge in [0.2, 0.25) is 5.91 Å². The highest BCUT2D eigenvalue weighted by Crippen LogP contribution is 2.29. The second kappa shape index (κ2) is 8.73. The van der Waals surface area contributed by atoms with E-state index < -0.39 is 0 Å². The first-order valence-electron chi connectivity index (χ1n) is 9.54. The van der Waals surface area contributed by atoms with Crippen molar-refractivity contribution < 1.29 is 9.90 Å². The monoisotopic (exact) mass is 381 g/mol. The minimum atomic E-state index is 0.0113. The molecule has 1 fully saturated rings. The lowest BCUT2D eigenvalue weighted by atomic mass is 10.0. The zero-order chi connectivity index (χ0) is 20.1. The molecule has 5 N–H and O–H groups in total. The van der Waals surface area contributed by atoms with Gasteiger partial charge in [-0.15, -0.1) is 0 Å². The summed E-state index contributed by atoms with van der Waals surface area (Å²) in [7, 11) is 0. The van der Waals surface area contributed by atoms with Gasteiger partial charge in [-0.1, -0.05) is 12.1 Å². The van der Waals surface area contributed by atoms with Gasteiger partial charge in [-0.25, -0.2) is 0 Å². The smallest absolute Gasteiger partial charge is 0.219 e. The summed E-state index contributed by atoms with van der Waals surface area (Å²) >= 11 is 0. The molecule has 1 aliphatic carbocycles. The van der Waals surface area contributed by atoms with E-state index in [1.165, 1.54) is 12.8 Å². The summed E-state index contributed by atoms with van der Waals surface area (Å²) in [4.78, 5) is 13.6. The van der Waals surface area contributed by atoms with Crippen LogP contribution in [0.3, 0.4) is 0 Å². The molecule has 0 aromatic heterocycles. The topological polar surface area (TPSA) is 112 Å². The van der Waals surface area contributed by atoms with Gasteiger partial charge in [0, 0.05) is 55.2 Å². The van der Waals surface area contributed by atoms with Crippen LogP contribution < -0.4 is 10.6 Å². The van der Waals surface area contributed by atoms with Crippen LogP contribution in [0.1, 0.15) is 31.7 Å². The molecule has 7 heteroatoms. The first-order chi connectivity index (χ1) is 13.5.